The van der Waals surface area contributed by atoms with Crippen molar-refractivity contribution in [2.24, 2.45) is 5.92 Å². The molecule has 2 saturated heterocycles. The Morgan fingerprint density at radius 3 is 2.42 bits per heavy atom. The Kier molecular flexibility index (Phi) is 4.71. The van der Waals surface area contributed by atoms with Gasteiger partial charge >= 0.3 is 6.18 Å². The number of hydrogen-bond donors (Lipinski definition) is 2. The van der Waals surface area contributed by atoms with Crippen molar-refractivity contribution in [3.63, 3.8) is 0 Å². The summed E-state index contributed by atoms with van der Waals surface area (Å²) in [5.74, 6) is 0.287. The summed E-state index contributed by atoms with van der Waals surface area (Å²) < 4.78 is 35.8. The first-order valence-corrected chi connectivity index (χ1v) is 7.02. The van der Waals surface area contributed by atoms with Gasteiger partial charge < -0.3 is 10.6 Å². The molecule has 110 valence electrons. The predicted octanol–water partition coefficient (Wildman–Crippen LogP) is 2.37. The third-order valence-corrected chi connectivity index (χ3v) is 4.00. The average molecular weight is 278 g/mol. The van der Waals surface area contributed by atoms with E-state index in [0.29, 0.717) is 24.4 Å². The first kappa shape index (κ1) is 14.6. The molecule has 2 N–H and O–H groups in total. The molecule has 2 unspecified atom stereocenters. The van der Waals surface area contributed by atoms with Crippen molar-refractivity contribution in [3.8, 4) is 0 Å². The largest absolute Gasteiger partial charge is 0.389 e. The summed E-state index contributed by atoms with van der Waals surface area (Å²) in [4.78, 5) is 11.7. The van der Waals surface area contributed by atoms with Crippen molar-refractivity contribution in [1.82, 2.24) is 10.6 Å². The maximum atomic E-state index is 11.9. The van der Waals surface area contributed by atoms with Gasteiger partial charge in [-0.2, -0.15) is 13.2 Å². The van der Waals surface area contributed by atoms with E-state index in [4.69, 9.17) is 0 Å². The zero-order valence-electron chi connectivity index (χ0n) is 10.9. The number of rotatable bonds is 5. The van der Waals surface area contributed by atoms with Gasteiger partial charge in [-0.05, 0) is 38.0 Å². The van der Waals surface area contributed by atoms with Crippen LogP contribution < -0.4 is 10.6 Å². The maximum absolute atomic E-state index is 11.9. The molecule has 19 heavy (non-hydrogen) atoms. The molecule has 0 spiro atoms. The van der Waals surface area contributed by atoms with E-state index < -0.39 is 12.6 Å². The summed E-state index contributed by atoms with van der Waals surface area (Å²) >= 11 is 0. The van der Waals surface area contributed by atoms with Crippen LogP contribution in [0, 0.1) is 5.92 Å². The summed E-state index contributed by atoms with van der Waals surface area (Å²) in [5.41, 5.74) is 0. The molecule has 2 aliphatic rings. The molecule has 2 bridgehead atoms. The summed E-state index contributed by atoms with van der Waals surface area (Å²) in [7, 11) is 0. The van der Waals surface area contributed by atoms with Crippen LogP contribution in [0.25, 0.3) is 0 Å². The zero-order chi connectivity index (χ0) is 13.9. The average Bonchev–Trinajstić information content (AvgIpc) is 2.63. The van der Waals surface area contributed by atoms with E-state index in [1.165, 1.54) is 12.8 Å². The number of hydrogen-bond acceptors (Lipinski definition) is 2. The summed E-state index contributed by atoms with van der Waals surface area (Å²) in [6, 6.07) is 1.09. The second-order valence-corrected chi connectivity index (χ2v) is 5.75. The Bertz CT molecular complexity index is 308. The summed E-state index contributed by atoms with van der Waals surface area (Å²) in [6.45, 7) is 0.121. The molecule has 0 aromatic rings. The highest BCUT2D eigenvalue weighted by atomic mass is 19.4. The highest BCUT2D eigenvalue weighted by Crippen LogP contribution is 2.32. The van der Waals surface area contributed by atoms with E-state index in [-0.39, 0.29) is 18.9 Å². The number of carbonyl (C=O) groups is 1. The number of amides is 1. The van der Waals surface area contributed by atoms with Gasteiger partial charge in [-0.25, -0.2) is 0 Å². The lowest BCUT2D eigenvalue weighted by Crippen LogP contribution is -2.39. The fraction of sp³-hybridized carbons (Fsp3) is 0.923. The second-order valence-electron chi connectivity index (χ2n) is 5.75. The number of piperidine rings is 1. The SMILES string of the molecule is O=C(CC1CC2CCC(C1)N2)NCCCC(F)(F)F. The number of alkyl halides is 3. The molecule has 2 heterocycles. The van der Waals surface area contributed by atoms with E-state index >= 15 is 0 Å². The predicted molar refractivity (Wildman–Crippen MR) is 65.6 cm³/mol. The molecule has 1 amide bonds. The first-order chi connectivity index (χ1) is 8.92. The van der Waals surface area contributed by atoms with Gasteiger partial charge in [0.25, 0.3) is 0 Å². The Morgan fingerprint density at radius 2 is 1.84 bits per heavy atom. The van der Waals surface area contributed by atoms with Crippen molar-refractivity contribution < 1.29 is 18.0 Å². The quantitative estimate of drug-likeness (QED) is 0.758. The van der Waals surface area contributed by atoms with Crippen molar-refractivity contribution in [1.29, 1.82) is 0 Å². The Labute approximate surface area is 111 Å². The van der Waals surface area contributed by atoms with E-state index in [0.717, 1.165) is 12.8 Å². The van der Waals surface area contributed by atoms with Gasteiger partial charge in [-0.15, -0.1) is 0 Å². The lowest BCUT2D eigenvalue weighted by Gasteiger charge is -2.28. The molecule has 0 aromatic carbocycles. The van der Waals surface area contributed by atoms with Crippen molar-refractivity contribution >= 4 is 5.91 Å². The summed E-state index contributed by atoms with van der Waals surface area (Å²) in [5, 5.41) is 6.10. The van der Waals surface area contributed by atoms with E-state index in [2.05, 4.69) is 10.6 Å². The van der Waals surface area contributed by atoms with Gasteiger partial charge in [0.2, 0.25) is 5.91 Å². The molecule has 2 rings (SSSR count). The number of nitrogens with one attached hydrogen (secondary N) is 2. The van der Waals surface area contributed by atoms with Crippen LogP contribution in [0.5, 0.6) is 0 Å². The Hall–Kier alpha value is -0.780. The molecule has 0 radical (unpaired) electrons. The minimum Gasteiger partial charge on any atom is -0.356 e. The second kappa shape index (κ2) is 6.11. The van der Waals surface area contributed by atoms with E-state index in [9.17, 15) is 18.0 Å². The topological polar surface area (TPSA) is 41.1 Å². The van der Waals surface area contributed by atoms with E-state index in [1.54, 1.807) is 0 Å². The number of fused-ring (bicyclic) bond motifs is 2. The minimum absolute atomic E-state index is 0.0350. The van der Waals surface area contributed by atoms with Crippen LogP contribution in [0.2, 0.25) is 0 Å². The molecule has 0 saturated carbocycles. The maximum Gasteiger partial charge on any atom is 0.389 e. The van der Waals surface area contributed by atoms with Crippen molar-refractivity contribution in [3.05, 3.63) is 0 Å². The molecule has 6 heteroatoms. The van der Waals surface area contributed by atoms with Gasteiger partial charge in [0, 0.05) is 31.5 Å². The van der Waals surface area contributed by atoms with Crippen LogP contribution in [-0.2, 0) is 4.79 Å². The standard InChI is InChI=1S/C13H21F3N2O/c14-13(15,16)4-1-5-17-12(19)8-9-6-10-2-3-11(7-9)18-10/h9-11,18H,1-8H2,(H,17,19). The van der Waals surface area contributed by atoms with Crippen LogP contribution in [0.3, 0.4) is 0 Å². The molecular weight excluding hydrogens is 257 g/mol. The lowest BCUT2D eigenvalue weighted by molar-refractivity contribution is -0.136. The molecule has 2 fully saturated rings. The first-order valence-electron chi connectivity index (χ1n) is 7.02. The highest BCUT2D eigenvalue weighted by molar-refractivity contribution is 5.76. The fourth-order valence-corrected chi connectivity index (χ4v) is 3.19. The smallest absolute Gasteiger partial charge is 0.356 e. The molecular formula is C13H21F3N2O. The molecule has 0 aromatic heterocycles. The summed E-state index contributed by atoms with van der Waals surface area (Å²) in [6.07, 6.45) is -0.112. The van der Waals surface area contributed by atoms with Crippen LogP contribution in [-0.4, -0.2) is 30.7 Å². The van der Waals surface area contributed by atoms with Gasteiger partial charge in [-0.1, -0.05) is 0 Å². The number of halogens is 3. The normalized spacial score (nSPS) is 30.4. The van der Waals surface area contributed by atoms with Gasteiger partial charge in [-0.3, -0.25) is 4.79 Å². The highest BCUT2D eigenvalue weighted by Gasteiger charge is 2.34. The van der Waals surface area contributed by atoms with Crippen molar-refractivity contribution in [2.75, 3.05) is 6.54 Å². The van der Waals surface area contributed by atoms with Crippen LogP contribution in [0.4, 0.5) is 13.2 Å². The lowest BCUT2D eigenvalue weighted by atomic mass is 9.89. The van der Waals surface area contributed by atoms with Gasteiger partial charge in [0.15, 0.2) is 0 Å². The third-order valence-electron chi connectivity index (χ3n) is 4.00. The molecule has 0 aliphatic carbocycles. The molecule has 2 aliphatic heterocycles. The van der Waals surface area contributed by atoms with E-state index in [1.807, 2.05) is 0 Å². The van der Waals surface area contributed by atoms with Gasteiger partial charge in [0.1, 0.15) is 0 Å². The minimum atomic E-state index is -4.13. The zero-order valence-corrected chi connectivity index (χ0v) is 10.9. The Morgan fingerprint density at radius 1 is 1.21 bits per heavy atom. The van der Waals surface area contributed by atoms with Crippen molar-refractivity contribution in [2.45, 2.75) is 63.2 Å². The third kappa shape index (κ3) is 5.01. The Balaban J connectivity index is 1.59. The fourth-order valence-electron chi connectivity index (χ4n) is 3.19. The van der Waals surface area contributed by atoms with Crippen LogP contribution in [0.15, 0.2) is 0 Å². The van der Waals surface area contributed by atoms with Crippen LogP contribution in [0.1, 0.15) is 44.9 Å². The molecule has 2 atom stereocenters. The van der Waals surface area contributed by atoms with Gasteiger partial charge in [0.05, 0.1) is 0 Å². The monoisotopic (exact) mass is 278 g/mol. The van der Waals surface area contributed by atoms with Crippen LogP contribution >= 0.6 is 0 Å². The number of carbonyl (C=O) groups excluding carboxylic acids is 1. The molecule has 3 nitrogen and oxygen atoms in total.